The van der Waals surface area contributed by atoms with Crippen molar-refractivity contribution in [1.29, 1.82) is 0 Å². The molecule has 0 radical (unpaired) electrons. The van der Waals surface area contributed by atoms with Gasteiger partial charge in [0.1, 0.15) is 0 Å². The Kier molecular flexibility index (Phi) is 4.86. The number of hydrogen-bond acceptors (Lipinski definition) is 4. The van der Waals surface area contributed by atoms with Crippen molar-refractivity contribution in [2.45, 2.75) is 29.3 Å². The average molecular weight is 434 g/mol. The van der Waals surface area contributed by atoms with Crippen molar-refractivity contribution in [1.82, 2.24) is 15.1 Å². The lowest BCUT2D eigenvalue weighted by atomic mass is 10.00. The van der Waals surface area contributed by atoms with E-state index in [9.17, 15) is 8.42 Å². The lowest BCUT2D eigenvalue weighted by Gasteiger charge is -2.22. The highest BCUT2D eigenvalue weighted by Gasteiger charge is 2.26. The normalized spacial score (nSPS) is 18.3. The summed E-state index contributed by atoms with van der Waals surface area (Å²) >= 11 is 3.49. The average Bonchev–Trinajstić information content (AvgIpc) is 3.02. The maximum absolute atomic E-state index is 13.1. The minimum absolute atomic E-state index is 0.134. The van der Waals surface area contributed by atoms with Crippen LogP contribution in [-0.4, -0.2) is 31.3 Å². The fourth-order valence-corrected chi connectivity index (χ4v) is 5.25. The summed E-state index contributed by atoms with van der Waals surface area (Å²) in [6, 6.07) is 14.1. The number of nitrogens with one attached hydrogen (secondary N) is 1. The monoisotopic (exact) mass is 433 g/mol. The van der Waals surface area contributed by atoms with Gasteiger partial charge < -0.3 is 5.32 Å². The number of sulfone groups is 1. The number of rotatable bonds is 4. The van der Waals surface area contributed by atoms with Crippen molar-refractivity contribution in [3.05, 3.63) is 53.0 Å². The first-order valence-electron chi connectivity index (χ1n) is 8.72. The van der Waals surface area contributed by atoms with Crippen LogP contribution < -0.4 is 5.32 Å². The standard InChI is InChI=1S/C19H20BrN3O2S/c20-15-8-9-17-18(11-15)23(13-14-5-4-10-21-12-14)22-19(17)26(24,25)16-6-2-1-3-7-16/h1-3,6-9,11,14,21H,4-5,10,12-13H2. The van der Waals surface area contributed by atoms with E-state index < -0.39 is 9.84 Å². The molecule has 1 N–H and O–H groups in total. The predicted octanol–water partition coefficient (Wildman–Crippen LogP) is 3.63. The number of fused-ring (bicyclic) bond motifs is 1. The molecule has 7 heteroatoms. The highest BCUT2D eigenvalue weighted by atomic mass is 79.9. The van der Waals surface area contributed by atoms with Gasteiger partial charge in [-0.3, -0.25) is 4.68 Å². The van der Waals surface area contributed by atoms with Gasteiger partial charge in [-0.15, -0.1) is 0 Å². The van der Waals surface area contributed by atoms with E-state index >= 15 is 0 Å². The third kappa shape index (κ3) is 3.31. The van der Waals surface area contributed by atoms with Crippen molar-refractivity contribution in [2.24, 2.45) is 5.92 Å². The summed E-state index contributed by atoms with van der Waals surface area (Å²) in [6.07, 6.45) is 2.27. The molecule has 4 rings (SSSR count). The van der Waals surface area contributed by atoms with Crippen LogP contribution >= 0.6 is 15.9 Å². The molecule has 0 spiro atoms. The number of benzene rings is 2. The fourth-order valence-electron chi connectivity index (χ4n) is 3.49. The van der Waals surface area contributed by atoms with Crippen molar-refractivity contribution in [3.63, 3.8) is 0 Å². The van der Waals surface area contributed by atoms with Gasteiger partial charge in [0.05, 0.1) is 10.4 Å². The van der Waals surface area contributed by atoms with E-state index in [2.05, 4.69) is 26.3 Å². The summed E-state index contributed by atoms with van der Waals surface area (Å²) in [5.74, 6) is 0.457. The molecule has 136 valence electrons. The lowest BCUT2D eigenvalue weighted by molar-refractivity contribution is 0.327. The molecule has 0 bridgehead atoms. The minimum Gasteiger partial charge on any atom is -0.316 e. The summed E-state index contributed by atoms with van der Waals surface area (Å²) in [6.45, 7) is 2.70. The second-order valence-corrected chi connectivity index (χ2v) is 9.46. The highest BCUT2D eigenvalue weighted by Crippen LogP contribution is 2.30. The Balaban J connectivity index is 1.83. The maximum Gasteiger partial charge on any atom is 0.226 e. The van der Waals surface area contributed by atoms with Crippen molar-refractivity contribution in [2.75, 3.05) is 13.1 Å². The van der Waals surface area contributed by atoms with Crippen LogP contribution in [0.3, 0.4) is 0 Å². The number of halogens is 1. The molecule has 0 saturated carbocycles. The van der Waals surface area contributed by atoms with Crippen molar-refractivity contribution >= 4 is 36.7 Å². The first kappa shape index (κ1) is 17.7. The molecule has 26 heavy (non-hydrogen) atoms. The van der Waals surface area contributed by atoms with Crippen LogP contribution in [0.1, 0.15) is 12.8 Å². The molecular weight excluding hydrogens is 414 g/mol. The van der Waals surface area contributed by atoms with E-state index in [1.165, 1.54) is 0 Å². The summed E-state index contributed by atoms with van der Waals surface area (Å²) in [4.78, 5) is 0.272. The van der Waals surface area contributed by atoms with Crippen molar-refractivity contribution < 1.29 is 8.42 Å². The van der Waals surface area contributed by atoms with E-state index in [1.54, 1.807) is 24.3 Å². The second-order valence-electron chi connectivity index (χ2n) is 6.68. The van der Waals surface area contributed by atoms with Gasteiger partial charge in [0.25, 0.3) is 0 Å². The number of hydrogen-bond donors (Lipinski definition) is 1. The molecule has 1 atom stereocenters. The molecule has 1 unspecified atom stereocenters. The van der Waals surface area contributed by atoms with Gasteiger partial charge in [-0.1, -0.05) is 34.1 Å². The number of nitrogens with zero attached hydrogens (tertiary/aromatic N) is 2. The molecule has 1 aromatic heterocycles. The molecule has 3 aromatic rings. The summed E-state index contributed by atoms with van der Waals surface area (Å²) < 4.78 is 29.0. The molecule has 5 nitrogen and oxygen atoms in total. The topological polar surface area (TPSA) is 64.0 Å². The summed E-state index contributed by atoms with van der Waals surface area (Å²) in [5.41, 5.74) is 0.847. The minimum atomic E-state index is -3.66. The van der Waals surface area contributed by atoms with Gasteiger partial charge in [0, 0.05) is 16.4 Å². The van der Waals surface area contributed by atoms with E-state index in [1.807, 2.05) is 28.9 Å². The van der Waals surface area contributed by atoms with Crippen LogP contribution in [0.4, 0.5) is 0 Å². The molecule has 1 aliphatic heterocycles. The number of aromatic nitrogens is 2. The molecule has 1 fully saturated rings. The van der Waals surface area contributed by atoms with Crippen LogP contribution in [0.25, 0.3) is 10.9 Å². The molecule has 1 aliphatic rings. The van der Waals surface area contributed by atoms with Crippen LogP contribution in [-0.2, 0) is 16.4 Å². The Bertz CT molecular complexity index is 1030. The zero-order chi connectivity index (χ0) is 18.1. The maximum atomic E-state index is 13.1. The van der Waals surface area contributed by atoms with Gasteiger partial charge in [-0.25, -0.2) is 8.42 Å². The number of piperidine rings is 1. The Morgan fingerprint density at radius 3 is 2.73 bits per heavy atom. The molecule has 2 heterocycles. The van der Waals surface area contributed by atoms with Crippen LogP contribution in [0.5, 0.6) is 0 Å². The Morgan fingerprint density at radius 2 is 2.00 bits per heavy atom. The van der Waals surface area contributed by atoms with E-state index in [4.69, 9.17) is 0 Å². The summed E-state index contributed by atoms with van der Waals surface area (Å²) in [7, 11) is -3.66. The van der Waals surface area contributed by atoms with Crippen LogP contribution in [0, 0.1) is 5.92 Å². The first-order chi connectivity index (χ1) is 12.6. The van der Waals surface area contributed by atoms with E-state index in [-0.39, 0.29) is 9.92 Å². The first-order valence-corrected chi connectivity index (χ1v) is 11.0. The van der Waals surface area contributed by atoms with Crippen LogP contribution in [0.2, 0.25) is 0 Å². The largest absolute Gasteiger partial charge is 0.316 e. The molecule has 2 aromatic carbocycles. The van der Waals surface area contributed by atoms with Gasteiger partial charge >= 0.3 is 0 Å². The zero-order valence-corrected chi connectivity index (χ0v) is 16.6. The third-order valence-corrected chi connectivity index (χ3v) is 7.01. The second kappa shape index (κ2) is 7.13. The van der Waals surface area contributed by atoms with Gasteiger partial charge in [-0.05, 0) is 62.2 Å². The molecule has 0 aliphatic carbocycles. The SMILES string of the molecule is O=S(=O)(c1ccccc1)c1nn(CC2CCCNC2)c2cc(Br)ccc12. The van der Waals surface area contributed by atoms with Crippen LogP contribution in [0.15, 0.2) is 62.9 Å². The molecular formula is C19H20BrN3O2S. The zero-order valence-electron chi connectivity index (χ0n) is 14.2. The molecule has 0 amide bonds. The molecule has 1 saturated heterocycles. The highest BCUT2D eigenvalue weighted by molar-refractivity contribution is 9.10. The van der Waals surface area contributed by atoms with Gasteiger partial charge in [0.15, 0.2) is 5.03 Å². The fraction of sp³-hybridized carbons (Fsp3) is 0.316. The third-order valence-electron chi connectivity index (χ3n) is 4.82. The predicted molar refractivity (Wildman–Crippen MR) is 105 cm³/mol. The quantitative estimate of drug-likeness (QED) is 0.681. The Hall–Kier alpha value is -1.70. The summed E-state index contributed by atoms with van der Waals surface area (Å²) in [5, 5.41) is 8.76. The lowest BCUT2D eigenvalue weighted by Crippen LogP contribution is -2.32. The smallest absolute Gasteiger partial charge is 0.226 e. The van der Waals surface area contributed by atoms with Crippen molar-refractivity contribution in [3.8, 4) is 0 Å². The van der Waals surface area contributed by atoms with Gasteiger partial charge in [0.2, 0.25) is 9.84 Å². The van der Waals surface area contributed by atoms with E-state index in [0.717, 1.165) is 35.9 Å². The van der Waals surface area contributed by atoms with E-state index in [0.29, 0.717) is 17.8 Å². The van der Waals surface area contributed by atoms with Gasteiger partial charge in [-0.2, -0.15) is 5.10 Å². The Morgan fingerprint density at radius 1 is 1.19 bits per heavy atom. The Labute approximate surface area is 161 Å².